The predicted molar refractivity (Wildman–Crippen MR) is 75.0 cm³/mol. The lowest BCUT2D eigenvalue weighted by Gasteiger charge is -2.05. The molecule has 0 bridgehead atoms. The lowest BCUT2D eigenvalue weighted by Crippen LogP contribution is -2.06. The zero-order chi connectivity index (χ0) is 16.2. The zero-order valence-electron chi connectivity index (χ0n) is 11.0. The molecule has 0 unspecified atom stereocenters. The van der Waals surface area contributed by atoms with Gasteiger partial charge in [-0.05, 0) is 29.8 Å². The summed E-state index contributed by atoms with van der Waals surface area (Å²) >= 11 is 0. The molecule has 4 nitrogen and oxygen atoms in total. The maximum Gasteiger partial charge on any atom is 0.428 e. The van der Waals surface area contributed by atoms with Gasteiger partial charge in [0.1, 0.15) is 5.75 Å². The fourth-order valence-electron chi connectivity index (χ4n) is 1.50. The highest BCUT2D eigenvalue weighted by Gasteiger charge is 2.29. The van der Waals surface area contributed by atoms with E-state index in [9.17, 15) is 21.6 Å². The van der Waals surface area contributed by atoms with Crippen molar-refractivity contribution in [3.8, 4) is 5.75 Å². The second kappa shape index (κ2) is 6.18. The normalized spacial score (nSPS) is 12.5. The van der Waals surface area contributed by atoms with Crippen molar-refractivity contribution in [3.63, 3.8) is 0 Å². The molecule has 8 heteroatoms. The first-order valence-electron chi connectivity index (χ1n) is 5.98. The van der Waals surface area contributed by atoms with E-state index in [0.717, 1.165) is 30.5 Å². The Morgan fingerprint density at radius 3 is 2.09 bits per heavy atom. The first kappa shape index (κ1) is 16.0. The van der Waals surface area contributed by atoms with Gasteiger partial charge in [0, 0.05) is 0 Å². The number of hydrogen-bond donors (Lipinski definition) is 0. The lowest BCUT2D eigenvalue weighted by atomic mass is 10.1. The topological polar surface area (TPSA) is 55.7 Å². The molecule has 2 aromatic rings. The first-order chi connectivity index (χ1) is 10.3. The molecule has 2 rings (SSSR count). The van der Waals surface area contributed by atoms with Gasteiger partial charge in [-0.15, -0.1) is 4.40 Å². The van der Waals surface area contributed by atoms with Crippen LogP contribution in [0.25, 0.3) is 0 Å². The fourth-order valence-corrected chi connectivity index (χ4v) is 2.15. The molecule has 0 saturated carbocycles. The molecule has 0 aromatic heterocycles. The van der Waals surface area contributed by atoms with Crippen LogP contribution in [0, 0.1) is 0 Å². The molecule has 0 atom stereocenters. The summed E-state index contributed by atoms with van der Waals surface area (Å²) in [5.74, 6) is 0.0899. The molecule has 0 aliphatic carbocycles. The molecule has 0 fully saturated rings. The minimum absolute atomic E-state index is 0.0899. The van der Waals surface area contributed by atoms with E-state index in [1.807, 2.05) is 0 Å². The lowest BCUT2D eigenvalue weighted by molar-refractivity contribution is -0.137. The van der Waals surface area contributed by atoms with E-state index in [-0.39, 0.29) is 11.3 Å². The standard InChI is InChI=1S/C14H10F3NO3S/c15-14(16,17)12-8-6-11(7-9-12)10-18-22(19,20)21-13-4-2-1-3-5-13/h1-10H/b18-10+. The maximum atomic E-state index is 12.4. The van der Waals surface area contributed by atoms with Crippen LogP contribution in [-0.4, -0.2) is 14.6 Å². The molecule has 22 heavy (non-hydrogen) atoms. The summed E-state index contributed by atoms with van der Waals surface area (Å²) in [7, 11) is -4.22. The molecule has 0 N–H and O–H groups in total. The van der Waals surface area contributed by atoms with Crippen molar-refractivity contribution in [3.05, 3.63) is 65.7 Å². The van der Waals surface area contributed by atoms with Crippen molar-refractivity contribution >= 4 is 16.5 Å². The van der Waals surface area contributed by atoms with Crippen molar-refractivity contribution in [2.24, 2.45) is 4.40 Å². The van der Waals surface area contributed by atoms with Crippen LogP contribution in [0.3, 0.4) is 0 Å². The van der Waals surface area contributed by atoms with Crippen LogP contribution in [0.1, 0.15) is 11.1 Å². The Hall–Kier alpha value is -2.35. The molecular weight excluding hydrogens is 319 g/mol. The summed E-state index contributed by atoms with van der Waals surface area (Å²) in [6.45, 7) is 0. The van der Waals surface area contributed by atoms with E-state index in [4.69, 9.17) is 4.18 Å². The summed E-state index contributed by atoms with van der Waals surface area (Å²) in [6.07, 6.45) is -3.53. The monoisotopic (exact) mass is 329 g/mol. The van der Waals surface area contributed by atoms with Gasteiger partial charge in [-0.25, -0.2) is 0 Å². The molecular formula is C14H10F3NO3S. The van der Waals surface area contributed by atoms with Crippen molar-refractivity contribution in [2.45, 2.75) is 6.18 Å². The van der Waals surface area contributed by atoms with Crippen molar-refractivity contribution in [2.75, 3.05) is 0 Å². The second-order valence-electron chi connectivity index (χ2n) is 4.18. The van der Waals surface area contributed by atoms with Crippen molar-refractivity contribution in [1.82, 2.24) is 0 Å². The number of nitrogens with zero attached hydrogens (tertiary/aromatic N) is 1. The van der Waals surface area contributed by atoms with Crippen molar-refractivity contribution < 1.29 is 25.8 Å². The number of para-hydroxylation sites is 1. The van der Waals surface area contributed by atoms with Gasteiger partial charge in [0.25, 0.3) is 0 Å². The molecule has 2 aromatic carbocycles. The van der Waals surface area contributed by atoms with E-state index in [1.165, 1.54) is 12.1 Å². The molecule has 0 amide bonds. The van der Waals surface area contributed by atoms with E-state index in [1.54, 1.807) is 18.2 Å². The summed E-state index contributed by atoms with van der Waals surface area (Å²) in [6, 6.07) is 11.6. The van der Waals surface area contributed by atoms with E-state index in [2.05, 4.69) is 4.40 Å². The zero-order valence-corrected chi connectivity index (χ0v) is 11.8. The molecule has 0 aliphatic heterocycles. The van der Waals surface area contributed by atoms with Crippen LogP contribution in [0.15, 0.2) is 59.0 Å². The summed E-state index contributed by atoms with van der Waals surface area (Å²) in [5.41, 5.74) is -0.624. The van der Waals surface area contributed by atoms with Crippen LogP contribution < -0.4 is 4.18 Å². The van der Waals surface area contributed by atoms with E-state index >= 15 is 0 Å². The highest BCUT2D eigenvalue weighted by atomic mass is 32.2. The van der Waals surface area contributed by atoms with Gasteiger partial charge in [-0.2, -0.15) is 21.6 Å². The van der Waals surface area contributed by atoms with Crippen LogP contribution in [0.2, 0.25) is 0 Å². The van der Waals surface area contributed by atoms with Crippen LogP contribution >= 0.6 is 0 Å². The summed E-state index contributed by atoms with van der Waals surface area (Å²) in [4.78, 5) is 0. The van der Waals surface area contributed by atoms with Gasteiger partial charge in [0.2, 0.25) is 0 Å². The Balaban J connectivity index is 2.10. The maximum absolute atomic E-state index is 12.4. The SMILES string of the molecule is O=S(=O)(/N=C/c1ccc(C(F)(F)F)cc1)Oc1ccccc1. The van der Waals surface area contributed by atoms with Gasteiger partial charge in [0.15, 0.2) is 0 Å². The molecule has 0 spiro atoms. The van der Waals surface area contributed by atoms with Gasteiger partial charge in [-0.3, -0.25) is 0 Å². The Bertz CT molecular complexity index is 754. The fraction of sp³-hybridized carbons (Fsp3) is 0.0714. The summed E-state index contributed by atoms with van der Waals surface area (Å²) < 4.78 is 68.3. The third-order valence-electron chi connectivity index (χ3n) is 2.51. The minimum atomic E-state index is -4.45. The highest BCUT2D eigenvalue weighted by Crippen LogP contribution is 2.28. The van der Waals surface area contributed by atoms with Crippen LogP contribution in [0.5, 0.6) is 5.75 Å². The first-order valence-corrected chi connectivity index (χ1v) is 7.35. The van der Waals surface area contributed by atoms with Gasteiger partial charge in [0.05, 0.1) is 11.8 Å². The molecule has 0 saturated heterocycles. The molecule has 0 aliphatic rings. The predicted octanol–water partition coefficient (Wildman–Crippen LogP) is 3.45. The second-order valence-corrected chi connectivity index (χ2v) is 5.41. The smallest absolute Gasteiger partial charge is 0.366 e. The summed E-state index contributed by atoms with van der Waals surface area (Å²) in [5, 5.41) is 0. The Morgan fingerprint density at radius 1 is 0.955 bits per heavy atom. The minimum Gasteiger partial charge on any atom is -0.366 e. The average Bonchev–Trinajstić information content (AvgIpc) is 2.45. The van der Waals surface area contributed by atoms with Gasteiger partial charge < -0.3 is 4.18 Å². The van der Waals surface area contributed by atoms with Crippen molar-refractivity contribution in [1.29, 1.82) is 0 Å². The Labute approximate surface area is 125 Å². The average molecular weight is 329 g/mol. The van der Waals surface area contributed by atoms with Gasteiger partial charge >= 0.3 is 16.5 Å². The third-order valence-corrected chi connectivity index (χ3v) is 3.28. The number of rotatable bonds is 4. The van der Waals surface area contributed by atoms with Crippen LogP contribution in [-0.2, 0) is 16.5 Å². The molecule has 0 radical (unpaired) electrons. The number of hydrogen-bond acceptors (Lipinski definition) is 3. The third kappa shape index (κ3) is 4.59. The molecule has 116 valence electrons. The quantitative estimate of drug-likeness (QED) is 0.807. The Morgan fingerprint density at radius 2 is 1.55 bits per heavy atom. The van der Waals surface area contributed by atoms with Crippen LogP contribution in [0.4, 0.5) is 13.2 Å². The highest BCUT2D eigenvalue weighted by molar-refractivity contribution is 7.85. The number of halogens is 3. The number of benzene rings is 2. The van der Waals surface area contributed by atoms with E-state index in [0.29, 0.717) is 0 Å². The molecule has 0 heterocycles. The Kier molecular flexibility index (Phi) is 4.51. The largest absolute Gasteiger partial charge is 0.428 e. The van der Waals surface area contributed by atoms with E-state index < -0.39 is 22.0 Å². The van der Waals surface area contributed by atoms with Gasteiger partial charge in [-0.1, -0.05) is 30.3 Å². The number of alkyl halides is 3.